The van der Waals surface area contributed by atoms with Gasteiger partial charge in [-0.3, -0.25) is 4.90 Å². The van der Waals surface area contributed by atoms with Crippen LogP contribution in [0.3, 0.4) is 0 Å². The highest BCUT2D eigenvalue weighted by molar-refractivity contribution is 7.89. The molecule has 3 aliphatic heterocycles. The van der Waals surface area contributed by atoms with E-state index in [0.29, 0.717) is 18.7 Å². The smallest absolute Gasteiger partial charge is 0.416 e. The first-order valence-electron chi connectivity index (χ1n) is 11.3. The van der Waals surface area contributed by atoms with E-state index >= 15 is 0 Å². The fourth-order valence-corrected chi connectivity index (χ4v) is 6.35. The van der Waals surface area contributed by atoms with Crippen molar-refractivity contribution < 1.29 is 31.1 Å². The molecule has 3 aliphatic rings. The number of pyridine rings is 1. The third-order valence-corrected chi connectivity index (χ3v) is 8.70. The molecular formula is C22H23ClF3N5O4S. The summed E-state index contributed by atoms with van der Waals surface area (Å²) in [6.45, 7) is 1.78. The van der Waals surface area contributed by atoms with E-state index in [1.807, 2.05) is 0 Å². The summed E-state index contributed by atoms with van der Waals surface area (Å²) in [4.78, 5) is 19.5. The van der Waals surface area contributed by atoms with Gasteiger partial charge in [0.05, 0.1) is 16.5 Å². The number of rotatable bonds is 4. The number of hydrogen-bond donors (Lipinski definition) is 1. The normalized spacial score (nSPS) is 23.5. The second-order valence-electron chi connectivity index (χ2n) is 8.77. The van der Waals surface area contributed by atoms with Crippen LogP contribution in [0.2, 0.25) is 5.15 Å². The molecule has 1 amide bonds. The van der Waals surface area contributed by atoms with Crippen molar-refractivity contribution in [1.29, 1.82) is 0 Å². The fraction of sp³-hybridized carbons (Fsp3) is 0.455. The van der Waals surface area contributed by atoms with Crippen molar-refractivity contribution in [3.8, 4) is 0 Å². The molecule has 3 saturated heterocycles. The number of hydrogen-bond acceptors (Lipinski definition) is 7. The maximum absolute atomic E-state index is 13.2. The van der Waals surface area contributed by atoms with E-state index in [0.717, 1.165) is 18.7 Å². The van der Waals surface area contributed by atoms with Gasteiger partial charge < -0.3 is 15.0 Å². The Morgan fingerprint density at radius 2 is 1.78 bits per heavy atom. The van der Waals surface area contributed by atoms with Gasteiger partial charge in [-0.1, -0.05) is 11.6 Å². The molecule has 1 aromatic carbocycles. The van der Waals surface area contributed by atoms with Crippen LogP contribution < -0.4 is 15.1 Å². The first kappa shape index (κ1) is 25.1. The van der Waals surface area contributed by atoms with E-state index < -0.39 is 27.9 Å². The molecule has 9 nitrogen and oxygen atoms in total. The number of sulfonamides is 1. The van der Waals surface area contributed by atoms with Crippen LogP contribution in [0.1, 0.15) is 12.0 Å². The van der Waals surface area contributed by atoms with Gasteiger partial charge in [-0.15, -0.1) is 0 Å². The summed E-state index contributed by atoms with van der Waals surface area (Å²) in [6, 6.07) is 7.56. The van der Waals surface area contributed by atoms with Crippen molar-refractivity contribution >= 4 is 39.2 Å². The summed E-state index contributed by atoms with van der Waals surface area (Å²) >= 11 is 5.78. The van der Waals surface area contributed by atoms with Crippen LogP contribution in [0.15, 0.2) is 41.3 Å². The van der Waals surface area contributed by atoms with E-state index in [2.05, 4.69) is 10.3 Å². The number of aromatic nitrogens is 1. The number of nitrogens with one attached hydrogen (secondary N) is 1. The number of benzene rings is 1. The maximum Gasteiger partial charge on any atom is 0.416 e. The Hall–Kier alpha value is -2.61. The monoisotopic (exact) mass is 545 g/mol. The molecule has 1 N–H and O–H groups in total. The van der Waals surface area contributed by atoms with E-state index in [-0.39, 0.29) is 54.2 Å². The molecule has 0 saturated carbocycles. The van der Waals surface area contributed by atoms with Crippen LogP contribution in [0.4, 0.5) is 29.5 Å². The van der Waals surface area contributed by atoms with Crippen molar-refractivity contribution in [3.05, 3.63) is 47.1 Å². The quantitative estimate of drug-likeness (QED) is 0.590. The van der Waals surface area contributed by atoms with Gasteiger partial charge in [0.25, 0.3) is 0 Å². The number of ether oxygens (including phenoxy) is 1. The van der Waals surface area contributed by atoms with Crippen LogP contribution in [0.5, 0.6) is 0 Å². The predicted molar refractivity (Wildman–Crippen MR) is 126 cm³/mol. The summed E-state index contributed by atoms with van der Waals surface area (Å²) in [5.74, 6) is 0.0456. The number of halogens is 4. The molecule has 2 aromatic rings. The average molecular weight is 546 g/mol. The maximum atomic E-state index is 13.2. The van der Waals surface area contributed by atoms with Crippen LogP contribution in [0, 0.1) is 0 Å². The van der Waals surface area contributed by atoms with E-state index in [1.165, 1.54) is 16.4 Å². The first-order valence-corrected chi connectivity index (χ1v) is 13.2. The zero-order valence-corrected chi connectivity index (χ0v) is 20.5. The van der Waals surface area contributed by atoms with Gasteiger partial charge in [0.1, 0.15) is 17.1 Å². The predicted octanol–water partition coefficient (Wildman–Crippen LogP) is 2.95. The highest BCUT2D eigenvalue weighted by atomic mass is 35.5. The number of piperazine rings is 1. The van der Waals surface area contributed by atoms with Gasteiger partial charge in [0.2, 0.25) is 10.0 Å². The molecule has 1 aromatic heterocycles. The lowest BCUT2D eigenvalue weighted by atomic mass is 10.0. The summed E-state index contributed by atoms with van der Waals surface area (Å²) in [5.41, 5.74) is -0.364. The summed E-state index contributed by atoms with van der Waals surface area (Å²) in [7, 11) is -3.85. The van der Waals surface area contributed by atoms with Crippen molar-refractivity contribution in [3.63, 3.8) is 0 Å². The molecule has 0 radical (unpaired) electrons. The van der Waals surface area contributed by atoms with Crippen molar-refractivity contribution in [2.45, 2.75) is 29.6 Å². The minimum Gasteiger partial charge on any atom is -0.444 e. The van der Waals surface area contributed by atoms with E-state index in [4.69, 9.17) is 16.3 Å². The number of fused-ring (bicyclic) bond motifs is 1. The number of alkyl halides is 3. The lowest BCUT2D eigenvalue weighted by Gasteiger charge is -2.35. The SMILES string of the molecule is O=C1O[C@@H]2CCNC[C@@H]2N1c1ccc(S(=O)(=O)N2CCN(c3cc(C(F)(F)F)cc(Cl)n3)CC2)cc1. The lowest BCUT2D eigenvalue weighted by molar-refractivity contribution is -0.137. The number of anilines is 2. The molecule has 0 spiro atoms. The molecule has 0 aliphatic carbocycles. The topological polar surface area (TPSA) is 95.1 Å². The minimum atomic E-state index is -4.57. The first-order chi connectivity index (χ1) is 17.0. The largest absolute Gasteiger partial charge is 0.444 e. The van der Waals surface area contributed by atoms with Crippen LogP contribution >= 0.6 is 11.6 Å². The van der Waals surface area contributed by atoms with Gasteiger partial charge in [-0.2, -0.15) is 17.5 Å². The lowest BCUT2D eigenvalue weighted by Crippen LogP contribution is -2.49. The van der Waals surface area contributed by atoms with Gasteiger partial charge in [0.15, 0.2) is 0 Å². The Labute approximate surface area is 210 Å². The molecule has 14 heteroatoms. The van der Waals surface area contributed by atoms with Crippen LogP contribution in [-0.2, 0) is 20.9 Å². The number of piperidine rings is 1. The average Bonchev–Trinajstić information content (AvgIpc) is 3.19. The summed E-state index contributed by atoms with van der Waals surface area (Å²) in [5, 5.41) is 2.95. The van der Waals surface area contributed by atoms with Gasteiger partial charge >= 0.3 is 12.3 Å². The molecular weight excluding hydrogens is 523 g/mol. The second kappa shape index (κ2) is 9.36. The molecule has 194 valence electrons. The molecule has 4 heterocycles. The Balaban J connectivity index is 1.28. The van der Waals surface area contributed by atoms with Gasteiger partial charge in [-0.25, -0.2) is 18.2 Å². The van der Waals surface area contributed by atoms with Gasteiger partial charge in [0, 0.05) is 38.4 Å². The highest BCUT2D eigenvalue weighted by Crippen LogP contribution is 2.34. The van der Waals surface area contributed by atoms with Crippen LogP contribution in [-0.4, -0.2) is 75.2 Å². The minimum absolute atomic E-state index is 0.0456. The van der Waals surface area contributed by atoms with E-state index in [1.54, 1.807) is 21.9 Å². The molecule has 2 atom stereocenters. The van der Waals surface area contributed by atoms with E-state index in [9.17, 15) is 26.4 Å². The zero-order chi connectivity index (χ0) is 25.7. The molecule has 3 fully saturated rings. The molecule has 0 bridgehead atoms. The third-order valence-electron chi connectivity index (χ3n) is 6.59. The Morgan fingerprint density at radius 1 is 1.08 bits per heavy atom. The zero-order valence-electron chi connectivity index (χ0n) is 18.9. The molecule has 36 heavy (non-hydrogen) atoms. The Kier molecular flexibility index (Phi) is 6.52. The van der Waals surface area contributed by atoms with Crippen molar-refractivity contribution in [1.82, 2.24) is 14.6 Å². The fourth-order valence-electron chi connectivity index (χ4n) is 4.73. The number of nitrogens with zero attached hydrogens (tertiary/aromatic N) is 4. The number of amides is 1. The summed E-state index contributed by atoms with van der Waals surface area (Å²) < 4.78 is 72.5. The molecule has 5 rings (SSSR count). The Bertz CT molecular complexity index is 1250. The van der Waals surface area contributed by atoms with Crippen molar-refractivity contribution in [2.75, 3.05) is 49.1 Å². The standard InChI is InChI=1S/C22H23ClF3N5O4S/c23-19-11-14(22(24,25)26)12-20(28-19)29-7-9-30(10-8-29)36(33,34)16-3-1-15(2-4-16)31-17-13-27-6-5-18(17)35-21(31)32/h1-4,11-12,17-18,27H,5-10,13H2/t17-,18+/m0/s1. The summed E-state index contributed by atoms with van der Waals surface area (Å²) in [6.07, 6.45) is -4.50. The molecule has 0 unspecified atom stereocenters. The third kappa shape index (κ3) is 4.72. The second-order valence-corrected chi connectivity index (χ2v) is 11.1. The number of carbonyl (C=O) groups is 1. The highest BCUT2D eigenvalue weighted by Gasteiger charge is 2.44. The van der Waals surface area contributed by atoms with Gasteiger partial charge in [-0.05, 0) is 49.4 Å². The number of carbonyl (C=O) groups excluding carboxylic acids is 1. The van der Waals surface area contributed by atoms with Crippen LogP contribution in [0.25, 0.3) is 0 Å². The van der Waals surface area contributed by atoms with Crippen molar-refractivity contribution in [2.24, 2.45) is 0 Å². The Morgan fingerprint density at radius 3 is 2.44 bits per heavy atom.